The van der Waals surface area contributed by atoms with Crippen molar-refractivity contribution in [3.8, 4) is 0 Å². The predicted octanol–water partition coefficient (Wildman–Crippen LogP) is 1.32. The van der Waals surface area contributed by atoms with E-state index in [-0.39, 0.29) is 31.9 Å². The van der Waals surface area contributed by atoms with E-state index >= 15 is 0 Å². The molecule has 2 aromatic rings. The number of H-pyrrole nitrogens is 4. The zero-order chi connectivity index (χ0) is 16.9. The summed E-state index contributed by atoms with van der Waals surface area (Å²) < 4.78 is 0. The van der Waals surface area contributed by atoms with Crippen molar-refractivity contribution >= 4 is 11.6 Å². The van der Waals surface area contributed by atoms with E-state index in [1.54, 1.807) is 13.8 Å². The highest BCUT2D eigenvalue weighted by Gasteiger charge is 2.01. The maximum Gasteiger partial charge on any atom is 0.325 e. The number of hydrogen-bond acceptors (Lipinski definition) is 4. The molecule has 0 aromatic carbocycles. The number of nitrogens with one attached hydrogen (secondary N) is 4. The Balaban J connectivity index is 0. The van der Waals surface area contributed by atoms with E-state index in [0.717, 1.165) is 0 Å². The fraction of sp³-hybridized carbons (Fsp3) is 0.467. The molecule has 0 amide bonds. The first-order valence-corrected chi connectivity index (χ1v) is 7.03. The molecular formula is C15H25ClN4O4. The smallest absolute Gasteiger partial charge is 0.311 e. The summed E-state index contributed by atoms with van der Waals surface area (Å²) in [6, 6.07) is 0. The zero-order valence-electron chi connectivity index (χ0n) is 12.4. The van der Waals surface area contributed by atoms with Gasteiger partial charge in [0.2, 0.25) is 0 Å². The Bertz CT molecular complexity index is 803. The van der Waals surface area contributed by atoms with Crippen molar-refractivity contribution in [2.24, 2.45) is 0 Å². The number of halogens is 1. The average Bonchev–Trinajstić information content (AvgIpc) is 2.47. The Morgan fingerprint density at radius 3 is 1.50 bits per heavy atom. The first kappa shape index (κ1) is 23.9. The van der Waals surface area contributed by atoms with Crippen LogP contribution in [0.3, 0.4) is 0 Å². The lowest BCUT2D eigenvalue weighted by atomic mass is 10.2. The van der Waals surface area contributed by atoms with Crippen molar-refractivity contribution in [1.29, 1.82) is 0 Å². The quantitative estimate of drug-likeness (QED) is 0.601. The highest BCUT2D eigenvalue weighted by molar-refractivity contribution is 6.16. The van der Waals surface area contributed by atoms with Crippen LogP contribution in [-0.2, 0) is 12.3 Å². The molecule has 2 heterocycles. The molecule has 0 atom stereocenters. The monoisotopic (exact) mass is 360 g/mol. The van der Waals surface area contributed by atoms with Crippen LogP contribution < -0.4 is 22.5 Å². The number of alkyl halides is 1. The number of aromatic nitrogens is 4. The Hall–Kier alpha value is -2.35. The maximum absolute atomic E-state index is 10.9. The lowest BCUT2D eigenvalue weighted by molar-refractivity contribution is 0.908. The van der Waals surface area contributed by atoms with Crippen LogP contribution in [-0.4, -0.2) is 19.9 Å². The molecule has 2 rings (SSSR count). The molecule has 0 aliphatic carbocycles. The van der Waals surface area contributed by atoms with E-state index in [4.69, 9.17) is 11.6 Å². The summed E-state index contributed by atoms with van der Waals surface area (Å²) in [5.74, 6) is 0.144. The van der Waals surface area contributed by atoms with Crippen molar-refractivity contribution in [2.45, 2.75) is 47.9 Å². The van der Waals surface area contributed by atoms with Gasteiger partial charge in [-0.15, -0.1) is 11.6 Å². The highest BCUT2D eigenvalue weighted by Crippen LogP contribution is 1.98. The Kier molecular flexibility index (Phi) is 10.4. The van der Waals surface area contributed by atoms with Crippen LogP contribution in [0.15, 0.2) is 19.2 Å². The lowest BCUT2D eigenvalue weighted by Gasteiger charge is -1.98. The third-order valence-electron chi connectivity index (χ3n) is 3.06. The van der Waals surface area contributed by atoms with Crippen LogP contribution in [0.4, 0.5) is 0 Å². The summed E-state index contributed by atoms with van der Waals surface area (Å²) in [6.07, 6.45) is 0.672. The SMILES string of the molecule is C.C.CCc1[nH]c(=O)[nH]c(=O)c1C.Cc1c(CCl)[nH]c(=O)[nH]c1=O. The molecule has 0 saturated carbocycles. The zero-order valence-corrected chi connectivity index (χ0v) is 13.2. The van der Waals surface area contributed by atoms with Crippen LogP contribution in [0.2, 0.25) is 0 Å². The molecule has 24 heavy (non-hydrogen) atoms. The fourth-order valence-electron chi connectivity index (χ4n) is 1.68. The van der Waals surface area contributed by atoms with Gasteiger partial charge in [-0.1, -0.05) is 21.8 Å². The minimum atomic E-state index is -0.517. The van der Waals surface area contributed by atoms with E-state index in [1.807, 2.05) is 6.92 Å². The molecule has 4 N–H and O–H groups in total. The van der Waals surface area contributed by atoms with Gasteiger partial charge in [0.1, 0.15) is 0 Å². The summed E-state index contributed by atoms with van der Waals surface area (Å²) in [7, 11) is 0. The van der Waals surface area contributed by atoms with Gasteiger partial charge in [0.25, 0.3) is 11.1 Å². The maximum atomic E-state index is 10.9. The molecule has 0 fully saturated rings. The molecule has 0 aliphatic rings. The van der Waals surface area contributed by atoms with Gasteiger partial charge in [0.15, 0.2) is 0 Å². The van der Waals surface area contributed by atoms with Gasteiger partial charge in [-0.2, -0.15) is 0 Å². The first-order valence-electron chi connectivity index (χ1n) is 6.50. The number of hydrogen-bond donors (Lipinski definition) is 4. The minimum Gasteiger partial charge on any atom is -0.311 e. The van der Waals surface area contributed by atoms with E-state index < -0.39 is 11.4 Å². The Labute approximate surface area is 144 Å². The molecule has 136 valence electrons. The van der Waals surface area contributed by atoms with Crippen molar-refractivity contribution < 1.29 is 0 Å². The molecule has 2 aromatic heterocycles. The van der Waals surface area contributed by atoms with Gasteiger partial charge in [-0.05, 0) is 20.3 Å². The van der Waals surface area contributed by atoms with Crippen molar-refractivity contribution in [3.05, 3.63) is 64.2 Å². The summed E-state index contributed by atoms with van der Waals surface area (Å²) >= 11 is 5.45. The van der Waals surface area contributed by atoms with Crippen LogP contribution in [0.1, 0.15) is 44.3 Å². The second-order valence-electron chi connectivity index (χ2n) is 4.51. The van der Waals surface area contributed by atoms with Gasteiger partial charge in [0.05, 0.1) is 5.88 Å². The molecule has 0 saturated heterocycles. The largest absolute Gasteiger partial charge is 0.325 e. The molecule has 0 aliphatic heterocycles. The van der Waals surface area contributed by atoms with Gasteiger partial charge in [-0.25, -0.2) is 9.59 Å². The van der Waals surface area contributed by atoms with Crippen molar-refractivity contribution in [1.82, 2.24) is 19.9 Å². The molecular weight excluding hydrogens is 336 g/mol. The number of rotatable bonds is 2. The summed E-state index contributed by atoms with van der Waals surface area (Å²) in [5.41, 5.74) is 0.592. The van der Waals surface area contributed by atoms with E-state index in [0.29, 0.717) is 28.9 Å². The van der Waals surface area contributed by atoms with Crippen molar-refractivity contribution in [3.63, 3.8) is 0 Å². The van der Waals surface area contributed by atoms with Crippen LogP contribution in [0.25, 0.3) is 0 Å². The average molecular weight is 361 g/mol. The van der Waals surface area contributed by atoms with Gasteiger partial charge in [0, 0.05) is 22.5 Å². The third-order valence-corrected chi connectivity index (χ3v) is 3.32. The van der Waals surface area contributed by atoms with E-state index in [9.17, 15) is 19.2 Å². The van der Waals surface area contributed by atoms with Gasteiger partial charge in [-0.3, -0.25) is 19.6 Å². The van der Waals surface area contributed by atoms with E-state index in [1.165, 1.54) is 0 Å². The van der Waals surface area contributed by atoms with E-state index in [2.05, 4.69) is 19.9 Å². The topological polar surface area (TPSA) is 131 Å². The number of aromatic amines is 4. The molecule has 0 radical (unpaired) electrons. The fourth-order valence-corrected chi connectivity index (χ4v) is 1.95. The standard InChI is InChI=1S/C7H10N2O2.C6H7ClN2O2.2CH4/c1-3-5-4(2)6(10)9-7(11)8-5;1-3-4(2-7)8-6(11)9-5(3)10;;/h3H2,1-2H3,(H2,8,9,10,11);2H2,1H3,(H2,8,9,10,11);2*1H4. The predicted molar refractivity (Wildman–Crippen MR) is 97.2 cm³/mol. The van der Waals surface area contributed by atoms with Crippen LogP contribution in [0.5, 0.6) is 0 Å². The molecule has 0 unspecified atom stereocenters. The molecule has 0 spiro atoms. The lowest BCUT2D eigenvalue weighted by Crippen LogP contribution is -2.26. The normalized spacial score (nSPS) is 9.17. The van der Waals surface area contributed by atoms with Crippen LogP contribution >= 0.6 is 11.6 Å². The van der Waals surface area contributed by atoms with Gasteiger partial charge >= 0.3 is 11.4 Å². The van der Waals surface area contributed by atoms with Crippen LogP contribution in [0, 0.1) is 13.8 Å². The molecule has 0 bridgehead atoms. The first-order chi connectivity index (χ1) is 10.3. The minimum absolute atomic E-state index is 0. The Morgan fingerprint density at radius 1 is 0.750 bits per heavy atom. The summed E-state index contributed by atoms with van der Waals surface area (Å²) in [6.45, 7) is 5.18. The molecule has 9 heteroatoms. The third kappa shape index (κ3) is 6.04. The van der Waals surface area contributed by atoms with Crippen molar-refractivity contribution in [2.75, 3.05) is 0 Å². The highest BCUT2D eigenvalue weighted by atomic mass is 35.5. The summed E-state index contributed by atoms with van der Waals surface area (Å²) in [4.78, 5) is 52.4. The Morgan fingerprint density at radius 2 is 1.12 bits per heavy atom. The van der Waals surface area contributed by atoms with Gasteiger partial charge < -0.3 is 9.97 Å². The summed E-state index contributed by atoms with van der Waals surface area (Å²) in [5, 5.41) is 0. The second kappa shape index (κ2) is 10.4. The molecule has 8 nitrogen and oxygen atoms in total. The second-order valence-corrected chi connectivity index (χ2v) is 4.78. The number of aryl methyl sites for hydroxylation is 1.